The number of hydrogen-bond donors (Lipinski definition) is 1. The molecule has 1 atom stereocenters. The number of thiophene rings is 1. The lowest BCUT2D eigenvalue weighted by Gasteiger charge is -2.22. The van der Waals surface area contributed by atoms with Gasteiger partial charge in [-0.1, -0.05) is 26.0 Å². The van der Waals surface area contributed by atoms with Crippen LogP contribution < -0.4 is 10.1 Å². The predicted molar refractivity (Wildman–Crippen MR) is 83.1 cm³/mol. The van der Waals surface area contributed by atoms with Gasteiger partial charge in [0, 0.05) is 16.6 Å². The standard InChI is InChI=1S/C16H21NOS/c1-4-18-14-8-5-7-13(11-14)17-16(12(2)3)15-9-6-10-19-15/h5-12,16-17H,4H2,1-3H3. The average Bonchev–Trinajstić information content (AvgIpc) is 2.90. The van der Waals surface area contributed by atoms with Gasteiger partial charge in [-0.15, -0.1) is 11.3 Å². The SMILES string of the molecule is CCOc1cccc(NC(c2cccs2)C(C)C)c1. The van der Waals surface area contributed by atoms with Crippen molar-refractivity contribution in [3.05, 3.63) is 46.7 Å². The van der Waals surface area contributed by atoms with Crippen LogP contribution in [0, 0.1) is 5.92 Å². The molecular formula is C16H21NOS. The summed E-state index contributed by atoms with van der Waals surface area (Å²) in [6, 6.07) is 12.8. The maximum atomic E-state index is 5.54. The van der Waals surface area contributed by atoms with Crippen LogP contribution in [0.3, 0.4) is 0 Å². The Balaban J connectivity index is 2.15. The first-order chi connectivity index (χ1) is 9.20. The molecule has 2 nitrogen and oxygen atoms in total. The number of rotatable bonds is 6. The van der Waals surface area contributed by atoms with Crippen molar-refractivity contribution in [2.75, 3.05) is 11.9 Å². The zero-order valence-electron chi connectivity index (χ0n) is 11.7. The van der Waals surface area contributed by atoms with Gasteiger partial charge in [0.15, 0.2) is 0 Å². The minimum atomic E-state index is 0.344. The van der Waals surface area contributed by atoms with Crippen molar-refractivity contribution in [3.8, 4) is 5.75 Å². The summed E-state index contributed by atoms with van der Waals surface area (Å²) in [6.07, 6.45) is 0. The monoisotopic (exact) mass is 275 g/mol. The molecule has 0 aliphatic carbocycles. The molecule has 0 bridgehead atoms. The topological polar surface area (TPSA) is 21.3 Å². The summed E-state index contributed by atoms with van der Waals surface area (Å²) in [5.74, 6) is 1.45. The molecule has 1 unspecified atom stereocenters. The van der Waals surface area contributed by atoms with Gasteiger partial charge in [-0.25, -0.2) is 0 Å². The first-order valence-corrected chi connectivity index (χ1v) is 7.61. The van der Waals surface area contributed by atoms with Crippen molar-refractivity contribution in [2.24, 2.45) is 5.92 Å². The third kappa shape index (κ3) is 3.74. The van der Waals surface area contributed by atoms with Gasteiger partial charge in [0.2, 0.25) is 0 Å². The van der Waals surface area contributed by atoms with E-state index in [9.17, 15) is 0 Å². The van der Waals surface area contributed by atoms with Gasteiger partial charge in [0.1, 0.15) is 5.75 Å². The molecule has 102 valence electrons. The molecule has 0 aliphatic rings. The van der Waals surface area contributed by atoms with E-state index in [0.29, 0.717) is 18.6 Å². The molecule has 1 aromatic heterocycles. The molecule has 0 radical (unpaired) electrons. The fraction of sp³-hybridized carbons (Fsp3) is 0.375. The number of nitrogens with one attached hydrogen (secondary N) is 1. The average molecular weight is 275 g/mol. The molecule has 0 saturated carbocycles. The minimum Gasteiger partial charge on any atom is -0.494 e. The van der Waals surface area contributed by atoms with Crippen LogP contribution in [0.25, 0.3) is 0 Å². The Labute approximate surface area is 119 Å². The lowest BCUT2D eigenvalue weighted by atomic mass is 10.0. The van der Waals surface area contributed by atoms with E-state index in [0.717, 1.165) is 11.4 Å². The summed E-state index contributed by atoms with van der Waals surface area (Å²) in [6.45, 7) is 7.18. The third-order valence-electron chi connectivity index (χ3n) is 2.98. The maximum Gasteiger partial charge on any atom is 0.121 e. The molecule has 2 aromatic rings. The second-order valence-corrected chi connectivity index (χ2v) is 5.82. The molecule has 19 heavy (non-hydrogen) atoms. The zero-order valence-corrected chi connectivity index (χ0v) is 12.5. The van der Waals surface area contributed by atoms with Gasteiger partial charge in [-0.3, -0.25) is 0 Å². The Morgan fingerprint density at radius 2 is 2.05 bits per heavy atom. The fourth-order valence-electron chi connectivity index (χ4n) is 2.06. The molecule has 0 spiro atoms. The quantitative estimate of drug-likeness (QED) is 0.805. The predicted octanol–water partition coefficient (Wildman–Crippen LogP) is 4.96. The highest BCUT2D eigenvalue weighted by molar-refractivity contribution is 7.10. The molecule has 3 heteroatoms. The molecule has 2 rings (SSSR count). The van der Waals surface area contributed by atoms with Crippen molar-refractivity contribution in [1.82, 2.24) is 0 Å². The summed E-state index contributed by atoms with van der Waals surface area (Å²) < 4.78 is 5.54. The van der Waals surface area contributed by atoms with Crippen LogP contribution in [0.5, 0.6) is 5.75 Å². The highest BCUT2D eigenvalue weighted by atomic mass is 32.1. The fourth-order valence-corrected chi connectivity index (χ4v) is 3.01. The van der Waals surface area contributed by atoms with Gasteiger partial charge < -0.3 is 10.1 Å². The first-order valence-electron chi connectivity index (χ1n) is 6.73. The van der Waals surface area contributed by atoms with Crippen LogP contribution in [-0.2, 0) is 0 Å². The Morgan fingerprint density at radius 1 is 1.21 bits per heavy atom. The lowest BCUT2D eigenvalue weighted by molar-refractivity contribution is 0.340. The first kappa shape index (κ1) is 13.9. The second kappa shape index (κ2) is 6.62. The van der Waals surface area contributed by atoms with Gasteiger partial charge in [-0.05, 0) is 36.4 Å². The van der Waals surface area contributed by atoms with E-state index in [4.69, 9.17) is 4.74 Å². The molecule has 1 N–H and O–H groups in total. The highest BCUT2D eigenvalue weighted by Crippen LogP contribution is 2.30. The molecule has 0 amide bonds. The van der Waals surface area contributed by atoms with E-state index in [1.165, 1.54) is 4.88 Å². The summed E-state index contributed by atoms with van der Waals surface area (Å²) >= 11 is 1.80. The van der Waals surface area contributed by atoms with Crippen LogP contribution in [0.15, 0.2) is 41.8 Å². The van der Waals surface area contributed by atoms with Gasteiger partial charge in [0.25, 0.3) is 0 Å². The number of benzene rings is 1. The summed E-state index contributed by atoms with van der Waals surface area (Å²) in [4.78, 5) is 1.37. The number of anilines is 1. The molecule has 0 fully saturated rings. The van der Waals surface area contributed by atoms with E-state index in [1.54, 1.807) is 11.3 Å². The molecule has 1 aromatic carbocycles. The lowest BCUT2D eigenvalue weighted by Crippen LogP contribution is -2.15. The van der Waals surface area contributed by atoms with Crippen molar-refractivity contribution >= 4 is 17.0 Å². The Hall–Kier alpha value is -1.48. The summed E-state index contributed by atoms with van der Waals surface area (Å²) in [5, 5.41) is 5.74. The van der Waals surface area contributed by atoms with E-state index in [1.807, 2.05) is 19.1 Å². The van der Waals surface area contributed by atoms with E-state index in [2.05, 4.69) is 48.8 Å². The molecule has 1 heterocycles. The van der Waals surface area contributed by atoms with E-state index < -0.39 is 0 Å². The van der Waals surface area contributed by atoms with Crippen molar-refractivity contribution in [2.45, 2.75) is 26.8 Å². The van der Waals surface area contributed by atoms with Crippen molar-refractivity contribution in [3.63, 3.8) is 0 Å². The normalized spacial score (nSPS) is 12.4. The molecule has 0 aliphatic heterocycles. The smallest absolute Gasteiger partial charge is 0.121 e. The Bertz CT molecular complexity index is 493. The van der Waals surface area contributed by atoms with E-state index in [-0.39, 0.29) is 0 Å². The Kier molecular flexibility index (Phi) is 4.86. The minimum absolute atomic E-state index is 0.344. The van der Waals surface area contributed by atoms with Crippen molar-refractivity contribution in [1.29, 1.82) is 0 Å². The summed E-state index contributed by atoms with van der Waals surface area (Å²) in [5.41, 5.74) is 1.11. The van der Waals surface area contributed by atoms with Gasteiger partial charge in [-0.2, -0.15) is 0 Å². The van der Waals surface area contributed by atoms with Crippen LogP contribution in [0.4, 0.5) is 5.69 Å². The van der Waals surface area contributed by atoms with E-state index >= 15 is 0 Å². The van der Waals surface area contributed by atoms with Crippen LogP contribution >= 0.6 is 11.3 Å². The van der Waals surface area contributed by atoms with Crippen LogP contribution in [-0.4, -0.2) is 6.61 Å². The summed E-state index contributed by atoms with van der Waals surface area (Å²) in [7, 11) is 0. The zero-order chi connectivity index (χ0) is 13.7. The van der Waals surface area contributed by atoms with Crippen LogP contribution in [0.1, 0.15) is 31.7 Å². The highest BCUT2D eigenvalue weighted by Gasteiger charge is 2.16. The van der Waals surface area contributed by atoms with Crippen LogP contribution in [0.2, 0.25) is 0 Å². The molecule has 0 saturated heterocycles. The number of ether oxygens (including phenoxy) is 1. The van der Waals surface area contributed by atoms with Gasteiger partial charge >= 0.3 is 0 Å². The second-order valence-electron chi connectivity index (χ2n) is 4.84. The molecular weight excluding hydrogens is 254 g/mol. The van der Waals surface area contributed by atoms with Crippen molar-refractivity contribution < 1.29 is 4.74 Å². The Morgan fingerprint density at radius 3 is 2.68 bits per heavy atom. The maximum absolute atomic E-state index is 5.54. The van der Waals surface area contributed by atoms with Gasteiger partial charge in [0.05, 0.1) is 12.6 Å². The largest absolute Gasteiger partial charge is 0.494 e. The third-order valence-corrected chi connectivity index (χ3v) is 3.94. The number of hydrogen-bond acceptors (Lipinski definition) is 3.